The first kappa shape index (κ1) is 15.4. The van der Waals surface area contributed by atoms with Crippen LogP contribution in [0.15, 0.2) is 67.3 Å². The van der Waals surface area contributed by atoms with Crippen LogP contribution in [0.4, 0.5) is 0 Å². The maximum absolute atomic E-state index is 12.2. The van der Waals surface area contributed by atoms with Crippen molar-refractivity contribution in [2.75, 3.05) is 6.54 Å². The summed E-state index contributed by atoms with van der Waals surface area (Å²) in [5.74, 6) is -0.415. The molecule has 0 saturated heterocycles. The number of amides is 1. The number of nitrogens with one attached hydrogen (secondary N) is 1. The first-order chi connectivity index (χ1) is 10.5. The fourth-order valence-corrected chi connectivity index (χ4v) is 2.08. The molecule has 4 heteroatoms. The van der Waals surface area contributed by atoms with Gasteiger partial charge in [-0.05, 0) is 40.6 Å². The second-order valence-corrected chi connectivity index (χ2v) is 4.76. The van der Waals surface area contributed by atoms with E-state index in [0.717, 1.165) is 11.0 Å². The number of hydrogen-bond acceptors (Lipinski definition) is 3. The van der Waals surface area contributed by atoms with Gasteiger partial charge in [-0.1, -0.05) is 37.5 Å². The minimum absolute atomic E-state index is 0.106. The van der Waals surface area contributed by atoms with Crippen LogP contribution < -0.4 is 5.32 Å². The van der Waals surface area contributed by atoms with Crippen molar-refractivity contribution in [3.05, 3.63) is 72.9 Å². The Morgan fingerprint density at radius 1 is 1.14 bits per heavy atom. The summed E-state index contributed by atoms with van der Waals surface area (Å²) in [5, 5.41) is 23.6. The third kappa shape index (κ3) is 3.35. The molecule has 0 radical (unpaired) electrons. The van der Waals surface area contributed by atoms with E-state index < -0.39 is 0 Å². The van der Waals surface area contributed by atoms with Gasteiger partial charge in [0.2, 0.25) is 0 Å². The molecular weight excluding hydrogens is 278 g/mol. The molecule has 0 unspecified atom stereocenters. The molecule has 0 bridgehead atoms. The molecule has 1 amide bonds. The van der Waals surface area contributed by atoms with E-state index in [0.29, 0.717) is 11.9 Å². The van der Waals surface area contributed by atoms with Crippen LogP contribution >= 0.6 is 0 Å². The highest BCUT2D eigenvalue weighted by Crippen LogP contribution is 2.27. The van der Waals surface area contributed by atoms with E-state index in [-0.39, 0.29) is 23.0 Å². The summed E-state index contributed by atoms with van der Waals surface area (Å²) in [5.41, 5.74) is 0.994. The number of phenolic OH excluding ortho intramolecular Hbond substituents is 2. The number of benzene rings is 2. The summed E-state index contributed by atoms with van der Waals surface area (Å²) in [6.45, 7) is 7.54. The van der Waals surface area contributed by atoms with E-state index in [1.54, 1.807) is 30.4 Å². The molecular formula is C18H17NO3. The standard InChI is InChI=1S/C18H17NO3/c1-3-5-12(4-2)11-19-18(22)16-9-13-6-7-15(20)8-14(13)10-17(16)21/h3-10,20-21H,1-2,11H2,(H,19,22)/b12-5+. The van der Waals surface area contributed by atoms with Crippen molar-refractivity contribution in [1.29, 1.82) is 0 Å². The lowest BCUT2D eigenvalue weighted by atomic mass is 10.0. The minimum atomic E-state index is -0.385. The van der Waals surface area contributed by atoms with Crippen molar-refractivity contribution >= 4 is 16.7 Å². The molecule has 0 spiro atoms. The number of aromatic hydroxyl groups is 2. The summed E-state index contributed by atoms with van der Waals surface area (Å²) in [7, 11) is 0. The van der Waals surface area contributed by atoms with Gasteiger partial charge in [0, 0.05) is 6.54 Å². The zero-order chi connectivity index (χ0) is 16.1. The molecule has 0 fully saturated rings. The Morgan fingerprint density at radius 2 is 1.91 bits per heavy atom. The Kier molecular flexibility index (Phi) is 4.63. The number of allylic oxidation sites excluding steroid dienone is 2. The fraction of sp³-hybridized carbons (Fsp3) is 0.0556. The van der Waals surface area contributed by atoms with Crippen LogP contribution in [0.3, 0.4) is 0 Å². The largest absolute Gasteiger partial charge is 0.508 e. The molecule has 4 nitrogen and oxygen atoms in total. The van der Waals surface area contributed by atoms with Crippen LogP contribution in [0.2, 0.25) is 0 Å². The molecule has 0 atom stereocenters. The fourth-order valence-electron chi connectivity index (χ4n) is 2.08. The zero-order valence-corrected chi connectivity index (χ0v) is 12.0. The molecule has 2 rings (SSSR count). The maximum atomic E-state index is 12.2. The SMILES string of the molecule is C=C/C=C(\C=C)CNC(=O)c1cc2ccc(O)cc2cc1O. The summed E-state index contributed by atoms with van der Waals surface area (Å²) in [6, 6.07) is 7.79. The lowest BCUT2D eigenvalue weighted by Crippen LogP contribution is -2.25. The van der Waals surface area contributed by atoms with Crippen LogP contribution in [0.1, 0.15) is 10.4 Å². The lowest BCUT2D eigenvalue weighted by Gasteiger charge is -2.09. The molecule has 112 valence electrons. The van der Waals surface area contributed by atoms with Crippen molar-refractivity contribution < 1.29 is 15.0 Å². The highest BCUT2D eigenvalue weighted by Gasteiger charge is 2.12. The van der Waals surface area contributed by atoms with Gasteiger partial charge in [0.05, 0.1) is 5.56 Å². The van der Waals surface area contributed by atoms with Crippen LogP contribution in [0.5, 0.6) is 11.5 Å². The Labute approximate surface area is 128 Å². The molecule has 0 aliphatic heterocycles. The van der Waals surface area contributed by atoms with Crippen molar-refractivity contribution in [2.45, 2.75) is 0 Å². The summed E-state index contributed by atoms with van der Waals surface area (Å²) in [4.78, 5) is 12.2. The molecule has 2 aromatic rings. The van der Waals surface area contributed by atoms with Crippen molar-refractivity contribution in [1.82, 2.24) is 5.32 Å². The molecule has 0 saturated carbocycles. The Bertz CT molecular complexity index is 775. The molecule has 0 aliphatic carbocycles. The Morgan fingerprint density at radius 3 is 2.59 bits per heavy atom. The van der Waals surface area contributed by atoms with Gasteiger partial charge in [0.25, 0.3) is 5.91 Å². The number of hydrogen-bond donors (Lipinski definition) is 3. The number of rotatable bonds is 5. The number of carbonyl (C=O) groups is 1. The molecule has 0 aliphatic rings. The predicted molar refractivity (Wildman–Crippen MR) is 88.1 cm³/mol. The van der Waals surface area contributed by atoms with Gasteiger partial charge in [-0.15, -0.1) is 0 Å². The number of phenols is 2. The Hall–Kier alpha value is -3.01. The van der Waals surface area contributed by atoms with Gasteiger partial charge in [-0.25, -0.2) is 0 Å². The van der Waals surface area contributed by atoms with Crippen LogP contribution in [-0.4, -0.2) is 22.7 Å². The van der Waals surface area contributed by atoms with Crippen LogP contribution in [-0.2, 0) is 0 Å². The number of fused-ring (bicyclic) bond motifs is 1. The zero-order valence-electron chi connectivity index (χ0n) is 12.0. The average Bonchev–Trinajstić information content (AvgIpc) is 2.50. The van der Waals surface area contributed by atoms with E-state index >= 15 is 0 Å². The maximum Gasteiger partial charge on any atom is 0.255 e. The Balaban J connectivity index is 2.26. The first-order valence-corrected chi connectivity index (χ1v) is 6.73. The minimum Gasteiger partial charge on any atom is -0.508 e. The van der Waals surface area contributed by atoms with Gasteiger partial charge in [-0.3, -0.25) is 4.79 Å². The third-order valence-electron chi connectivity index (χ3n) is 3.23. The molecule has 22 heavy (non-hydrogen) atoms. The lowest BCUT2D eigenvalue weighted by molar-refractivity contribution is 0.0955. The smallest absolute Gasteiger partial charge is 0.255 e. The summed E-state index contributed by atoms with van der Waals surface area (Å²) < 4.78 is 0. The van der Waals surface area contributed by atoms with E-state index in [2.05, 4.69) is 18.5 Å². The van der Waals surface area contributed by atoms with Crippen molar-refractivity contribution in [2.24, 2.45) is 0 Å². The molecule has 3 N–H and O–H groups in total. The normalized spacial score (nSPS) is 11.2. The van der Waals surface area contributed by atoms with Crippen LogP contribution in [0, 0.1) is 0 Å². The highest BCUT2D eigenvalue weighted by atomic mass is 16.3. The van der Waals surface area contributed by atoms with E-state index in [1.165, 1.54) is 18.2 Å². The van der Waals surface area contributed by atoms with E-state index in [9.17, 15) is 15.0 Å². The van der Waals surface area contributed by atoms with E-state index in [4.69, 9.17) is 0 Å². The van der Waals surface area contributed by atoms with Crippen molar-refractivity contribution in [3.8, 4) is 11.5 Å². The molecule has 0 heterocycles. The number of carbonyl (C=O) groups excluding carboxylic acids is 1. The van der Waals surface area contributed by atoms with Crippen LogP contribution in [0.25, 0.3) is 10.8 Å². The van der Waals surface area contributed by atoms with Gasteiger partial charge >= 0.3 is 0 Å². The van der Waals surface area contributed by atoms with Crippen molar-refractivity contribution in [3.63, 3.8) is 0 Å². The predicted octanol–water partition coefficient (Wildman–Crippen LogP) is 3.28. The highest BCUT2D eigenvalue weighted by molar-refractivity contribution is 6.01. The van der Waals surface area contributed by atoms with Gasteiger partial charge in [0.1, 0.15) is 11.5 Å². The van der Waals surface area contributed by atoms with Gasteiger partial charge in [-0.2, -0.15) is 0 Å². The second kappa shape index (κ2) is 6.63. The molecule has 0 aromatic heterocycles. The first-order valence-electron chi connectivity index (χ1n) is 6.73. The third-order valence-corrected chi connectivity index (χ3v) is 3.23. The van der Waals surface area contributed by atoms with E-state index in [1.807, 2.05) is 0 Å². The summed E-state index contributed by atoms with van der Waals surface area (Å²) >= 11 is 0. The molecule has 2 aromatic carbocycles. The quantitative estimate of drug-likeness (QED) is 0.741. The monoisotopic (exact) mass is 295 g/mol. The summed E-state index contributed by atoms with van der Waals surface area (Å²) in [6.07, 6.45) is 4.99. The average molecular weight is 295 g/mol. The topological polar surface area (TPSA) is 69.6 Å². The second-order valence-electron chi connectivity index (χ2n) is 4.76. The van der Waals surface area contributed by atoms with Gasteiger partial charge in [0.15, 0.2) is 0 Å². The van der Waals surface area contributed by atoms with Gasteiger partial charge < -0.3 is 15.5 Å².